The van der Waals surface area contributed by atoms with Gasteiger partial charge in [-0.3, -0.25) is 9.59 Å². The third-order valence-corrected chi connectivity index (χ3v) is 3.82. The number of fused-ring (bicyclic) bond motifs is 1. The molecule has 1 amide bonds. The third kappa shape index (κ3) is 2.73. The number of carbonyl (C=O) groups excluding carboxylic acids is 2. The van der Waals surface area contributed by atoms with Gasteiger partial charge in [0.1, 0.15) is 11.5 Å². The van der Waals surface area contributed by atoms with Crippen LogP contribution in [0.4, 0.5) is 10.1 Å². The minimum absolute atomic E-state index is 0.0352. The Hall–Kier alpha value is -2.95. The number of nitrogens with one attached hydrogen (secondary N) is 1. The molecule has 1 N–H and O–H groups in total. The number of ketones is 1. The van der Waals surface area contributed by atoms with Crippen LogP contribution in [0.5, 0.6) is 0 Å². The fraction of sp³-hybridized carbons (Fsp3) is 0.111. The van der Waals surface area contributed by atoms with Crippen molar-refractivity contribution in [3.63, 3.8) is 0 Å². The molecule has 1 aromatic heterocycles. The minimum atomic E-state index is -0.358. The van der Waals surface area contributed by atoms with Gasteiger partial charge in [-0.2, -0.15) is 0 Å². The van der Waals surface area contributed by atoms with Gasteiger partial charge in [-0.15, -0.1) is 0 Å². The topological polar surface area (TPSA) is 51.1 Å². The van der Waals surface area contributed by atoms with Crippen molar-refractivity contribution >= 4 is 28.3 Å². The molecule has 0 saturated heterocycles. The average molecular weight is 310 g/mol. The van der Waals surface area contributed by atoms with Crippen LogP contribution in [-0.4, -0.2) is 16.3 Å². The van der Waals surface area contributed by atoms with Gasteiger partial charge in [0.05, 0.1) is 5.52 Å². The zero-order valence-electron chi connectivity index (χ0n) is 12.8. The third-order valence-electron chi connectivity index (χ3n) is 3.82. The second kappa shape index (κ2) is 5.68. The number of halogens is 1. The van der Waals surface area contributed by atoms with E-state index >= 15 is 0 Å². The first-order valence-electron chi connectivity index (χ1n) is 7.13. The second-order valence-corrected chi connectivity index (χ2v) is 5.35. The van der Waals surface area contributed by atoms with Crippen LogP contribution in [0.1, 0.15) is 27.8 Å². The minimum Gasteiger partial charge on any atom is -0.340 e. The summed E-state index contributed by atoms with van der Waals surface area (Å²) in [7, 11) is 1.72. The molecule has 0 unspecified atom stereocenters. The number of anilines is 1. The van der Waals surface area contributed by atoms with Crippen molar-refractivity contribution in [3.05, 3.63) is 65.6 Å². The van der Waals surface area contributed by atoms with Gasteiger partial charge in [0.25, 0.3) is 5.91 Å². The molecular formula is C18H15FN2O2. The van der Waals surface area contributed by atoms with Crippen molar-refractivity contribution in [3.8, 4) is 0 Å². The number of rotatable bonds is 3. The molecule has 5 heteroatoms. The van der Waals surface area contributed by atoms with Crippen LogP contribution in [0, 0.1) is 5.82 Å². The molecule has 3 rings (SSSR count). The van der Waals surface area contributed by atoms with E-state index in [4.69, 9.17) is 0 Å². The van der Waals surface area contributed by atoms with Gasteiger partial charge in [0.15, 0.2) is 5.78 Å². The Morgan fingerprint density at radius 1 is 1.09 bits per heavy atom. The number of nitrogens with zero attached hydrogens (tertiary/aromatic N) is 1. The highest BCUT2D eigenvalue weighted by Crippen LogP contribution is 2.22. The lowest BCUT2D eigenvalue weighted by Gasteiger charge is -2.07. The Morgan fingerprint density at radius 2 is 1.78 bits per heavy atom. The first-order chi connectivity index (χ1) is 11.0. The van der Waals surface area contributed by atoms with Gasteiger partial charge in [-0.05, 0) is 49.4 Å². The van der Waals surface area contributed by atoms with Crippen LogP contribution < -0.4 is 5.32 Å². The van der Waals surface area contributed by atoms with E-state index in [2.05, 4.69) is 5.32 Å². The molecule has 0 saturated carbocycles. The zero-order valence-corrected chi connectivity index (χ0v) is 12.8. The molecule has 0 fully saturated rings. The monoisotopic (exact) mass is 310 g/mol. The SMILES string of the molecule is CC(=O)c1ccc(NC(=O)c2cc3c(F)cccc3n2C)cc1. The lowest BCUT2D eigenvalue weighted by molar-refractivity contribution is 0.101. The summed E-state index contributed by atoms with van der Waals surface area (Å²) < 4.78 is 15.5. The van der Waals surface area contributed by atoms with Crippen molar-refractivity contribution in [1.29, 1.82) is 0 Å². The number of carbonyl (C=O) groups is 2. The summed E-state index contributed by atoms with van der Waals surface area (Å²) in [6, 6.07) is 12.9. The van der Waals surface area contributed by atoms with E-state index in [1.165, 1.54) is 19.1 Å². The zero-order chi connectivity index (χ0) is 16.6. The first-order valence-corrected chi connectivity index (χ1v) is 7.13. The molecule has 2 aromatic carbocycles. The van der Waals surface area contributed by atoms with Crippen LogP contribution in [0.3, 0.4) is 0 Å². The number of amides is 1. The summed E-state index contributed by atoms with van der Waals surface area (Å²) in [5.41, 5.74) is 2.17. The van der Waals surface area contributed by atoms with Crippen molar-refractivity contribution in [2.45, 2.75) is 6.92 Å². The Kier molecular flexibility index (Phi) is 3.70. The van der Waals surface area contributed by atoms with Crippen LogP contribution in [0.25, 0.3) is 10.9 Å². The van der Waals surface area contributed by atoms with Gasteiger partial charge in [0, 0.05) is 23.7 Å². The number of aromatic nitrogens is 1. The first kappa shape index (κ1) is 15.0. The lowest BCUT2D eigenvalue weighted by Crippen LogP contribution is -2.15. The molecular weight excluding hydrogens is 295 g/mol. The van der Waals surface area contributed by atoms with Crippen molar-refractivity contribution in [2.24, 2.45) is 7.05 Å². The summed E-state index contributed by atoms with van der Waals surface area (Å²) in [4.78, 5) is 23.7. The molecule has 0 bridgehead atoms. The van der Waals surface area contributed by atoms with Crippen LogP contribution in [-0.2, 0) is 7.05 Å². The smallest absolute Gasteiger partial charge is 0.272 e. The van der Waals surface area contributed by atoms with Gasteiger partial charge < -0.3 is 9.88 Å². The Bertz CT molecular complexity index is 911. The van der Waals surface area contributed by atoms with Crippen molar-refractivity contribution < 1.29 is 14.0 Å². The summed E-state index contributed by atoms with van der Waals surface area (Å²) in [6.45, 7) is 1.48. The molecule has 0 atom stereocenters. The molecule has 1 heterocycles. The molecule has 0 radical (unpaired) electrons. The van der Waals surface area contributed by atoms with E-state index in [1.54, 1.807) is 48.0 Å². The molecule has 4 nitrogen and oxygen atoms in total. The number of hydrogen-bond acceptors (Lipinski definition) is 2. The maximum absolute atomic E-state index is 13.8. The Labute approximate surface area is 132 Å². The number of hydrogen-bond donors (Lipinski definition) is 1. The highest BCUT2D eigenvalue weighted by molar-refractivity contribution is 6.06. The molecule has 116 valence electrons. The molecule has 0 spiro atoms. The van der Waals surface area contributed by atoms with Gasteiger partial charge in [-0.25, -0.2) is 4.39 Å². The van der Waals surface area contributed by atoms with Gasteiger partial charge >= 0.3 is 0 Å². The predicted molar refractivity (Wildman–Crippen MR) is 87.3 cm³/mol. The van der Waals surface area contributed by atoms with Gasteiger partial charge in [-0.1, -0.05) is 6.07 Å². The maximum atomic E-state index is 13.8. The molecule has 0 aliphatic rings. The van der Waals surface area contributed by atoms with Gasteiger partial charge in [0.2, 0.25) is 0 Å². The largest absolute Gasteiger partial charge is 0.340 e. The van der Waals surface area contributed by atoms with E-state index in [0.29, 0.717) is 27.8 Å². The van der Waals surface area contributed by atoms with E-state index in [0.717, 1.165) is 0 Å². The Morgan fingerprint density at radius 3 is 2.39 bits per heavy atom. The van der Waals surface area contributed by atoms with E-state index in [-0.39, 0.29) is 17.5 Å². The molecule has 3 aromatic rings. The number of benzene rings is 2. The molecule has 0 aliphatic carbocycles. The average Bonchev–Trinajstić information content (AvgIpc) is 2.87. The second-order valence-electron chi connectivity index (χ2n) is 5.35. The van der Waals surface area contributed by atoms with Crippen molar-refractivity contribution in [2.75, 3.05) is 5.32 Å². The standard InChI is InChI=1S/C18H15FN2O2/c1-11(22)12-6-8-13(9-7-12)20-18(23)17-10-14-15(19)4-3-5-16(14)21(17)2/h3-10H,1-2H3,(H,20,23). The lowest BCUT2D eigenvalue weighted by atomic mass is 10.1. The van der Waals surface area contributed by atoms with Crippen molar-refractivity contribution in [1.82, 2.24) is 4.57 Å². The fourth-order valence-electron chi connectivity index (χ4n) is 2.53. The summed E-state index contributed by atoms with van der Waals surface area (Å²) in [5.74, 6) is -0.728. The Balaban J connectivity index is 1.90. The van der Waals surface area contributed by atoms with Crippen LogP contribution in [0.2, 0.25) is 0 Å². The quantitative estimate of drug-likeness (QED) is 0.749. The number of Topliss-reactive ketones (excluding diaryl/α,β-unsaturated/α-hetero) is 1. The highest BCUT2D eigenvalue weighted by Gasteiger charge is 2.15. The van der Waals surface area contributed by atoms with E-state index in [1.807, 2.05) is 0 Å². The maximum Gasteiger partial charge on any atom is 0.272 e. The van der Waals surface area contributed by atoms with E-state index < -0.39 is 0 Å². The molecule has 0 aliphatic heterocycles. The van der Waals surface area contributed by atoms with Crippen LogP contribution in [0.15, 0.2) is 48.5 Å². The predicted octanol–water partition coefficient (Wildman–Crippen LogP) is 3.77. The molecule has 23 heavy (non-hydrogen) atoms. The van der Waals surface area contributed by atoms with E-state index in [9.17, 15) is 14.0 Å². The normalized spacial score (nSPS) is 10.7. The number of aryl methyl sites for hydroxylation is 1. The van der Waals surface area contributed by atoms with Crippen LogP contribution >= 0.6 is 0 Å². The summed E-state index contributed by atoms with van der Waals surface area (Å²) >= 11 is 0. The summed E-state index contributed by atoms with van der Waals surface area (Å²) in [5, 5.41) is 3.16. The fourth-order valence-corrected chi connectivity index (χ4v) is 2.53. The highest BCUT2D eigenvalue weighted by atomic mass is 19.1. The summed E-state index contributed by atoms with van der Waals surface area (Å²) in [6.07, 6.45) is 0.